The first-order valence-corrected chi connectivity index (χ1v) is 20.5. The molecule has 0 saturated heterocycles. The van der Waals surface area contributed by atoms with Gasteiger partial charge in [-0.3, -0.25) is 4.79 Å². The number of hydrogen-bond donors (Lipinski definition) is 1. The third-order valence-corrected chi connectivity index (χ3v) is 10.6. The van der Waals surface area contributed by atoms with E-state index in [0.717, 1.165) is 70.1 Å². The maximum absolute atomic E-state index is 11.5. The van der Waals surface area contributed by atoms with Gasteiger partial charge in [-0.25, -0.2) is 13.0 Å². The van der Waals surface area contributed by atoms with Crippen molar-refractivity contribution in [2.45, 2.75) is 84.1 Å². The van der Waals surface area contributed by atoms with E-state index in [1.165, 1.54) is 0 Å². The summed E-state index contributed by atoms with van der Waals surface area (Å²) < 4.78 is 61.8. The summed E-state index contributed by atoms with van der Waals surface area (Å²) in [6.07, 6.45) is 13.0. The largest absolute Gasteiger partial charge is 1.00 e. The maximum atomic E-state index is 11.5. The van der Waals surface area contributed by atoms with E-state index in [-0.39, 0.29) is 77.4 Å². The van der Waals surface area contributed by atoms with Gasteiger partial charge in [0.15, 0.2) is 5.71 Å². The first kappa shape index (κ1) is 49.7. The molecular weight excluding hydrogens is 796 g/mol. The number of carbonyl (C=O) groups is 1. The number of carboxylic acid groups (broad SMARTS) is 1. The number of allylic oxidation sites excluding steroid dienone is 6. The normalized spacial score (nSPS) is 15.9. The van der Waals surface area contributed by atoms with Crippen molar-refractivity contribution in [2.75, 3.05) is 17.2 Å². The van der Waals surface area contributed by atoms with Crippen LogP contribution in [0.1, 0.15) is 82.6 Å². The number of rotatable bonds is 14. The zero-order valence-electron chi connectivity index (χ0n) is 33.0. The molecule has 0 spiro atoms. The molecule has 0 radical (unpaired) electrons. The van der Waals surface area contributed by atoms with Crippen LogP contribution in [0, 0.1) is 6.07 Å². The van der Waals surface area contributed by atoms with E-state index >= 15 is 0 Å². The monoisotopic (exact) mass is 840 g/mol. The van der Waals surface area contributed by atoms with Gasteiger partial charge >= 0.3 is 81.5 Å². The van der Waals surface area contributed by atoms with Crippen LogP contribution in [0.15, 0.2) is 89.7 Å². The van der Waals surface area contributed by atoms with Crippen molar-refractivity contribution in [1.82, 2.24) is 0 Å². The fraction of sp³-hybridized carbons (Fsp3) is 0.375. The summed E-state index contributed by atoms with van der Waals surface area (Å²) in [5.41, 5.74) is 6.97. The smallest absolute Gasteiger partial charge is 0.748 e. The van der Waals surface area contributed by atoms with Crippen LogP contribution in [0.5, 0.6) is 0 Å². The Morgan fingerprint density at radius 2 is 1.71 bits per heavy atom. The number of benzene rings is 2. The van der Waals surface area contributed by atoms with Crippen molar-refractivity contribution < 1.29 is 99.2 Å². The molecule has 16 heteroatoms. The number of halogens is 1. The van der Waals surface area contributed by atoms with E-state index in [1.54, 1.807) is 0 Å². The Hall–Kier alpha value is -2.43. The molecule has 0 bridgehead atoms. The van der Waals surface area contributed by atoms with Crippen LogP contribution in [-0.2, 0) is 49.3 Å². The van der Waals surface area contributed by atoms with E-state index in [2.05, 4.69) is 74.5 Å². The molecule has 0 amide bonds. The van der Waals surface area contributed by atoms with Crippen molar-refractivity contribution in [3.63, 3.8) is 0 Å². The number of aromatic nitrogens is 1. The van der Waals surface area contributed by atoms with Crippen LogP contribution in [0.4, 0.5) is 11.5 Å². The molecule has 1 N–H and O–H groups in total. The molecule has 56 heavy (non-hydrogen) atoms. The summed E-state index contributed by atoms with van der Waals surface area (Å²) >= 11 is 6.58. The summed E-state index contributed by atoms with van der Waals surface area (Å²) in [6.45, 7) is 11.9. The quantitative estimate of drug-likeness (QED) is 0.0816. The third kappa shape index (κ3) is 13.0. The zero-order valence-corrected chi connectivity index (χ0v) is 39.4. The summed E-state index contributed by atoms with van der Waals surface area (Å²) in [5, 5.41) is 9.85. The molecule has 2 aromatic carbocycles. The number of aliphatic imine (C=N–C) groups is 1. The summed E-state index contributed by atoms with van der Waals surface area (Å²) in [4.78, 5) is 18.4. The van der Waals surface area contributed by atoms with Gasteiger partial charge in [-0.05, 0) is 78.4 Å². The van der Waals surface area contributed by atoms with Gasteiger partial charge in [0.05, 0.1) is 32.7 Å². The number of hydrogen-bond acceptors (Lipinski definition) is 9. The standard InChI is InChI=1S/C40H46ClN3O5S.2Na.O3S/c1-6-7-23-43-27-31(41)26-33-38(43)42-35(39(33,2)3)20-18-30(29-16-13-28(14-17-29)15-22-37(45)46)19-21-36-40(4,5)32-11-8-9-12-34(32)44(36)24-10-25-50(47,48)49;;;1-4(2)3/h9,11-14,16-21,26-27H,6-7,10,15,22-25H2,1-5H3,(H,45,46)(H,47,48,49);;;/q;2*+1;/p-1. The Balaban J connectivity index is 0.00000172. The fourth-order valence-corrected chi connectivity index (χ4v) is 7.44. The van der Waals surface area contributed by atoms with E-state index < -0.39 is 37.9 Å². The number of unbranched alkanes of at least 4 members (excludes halogenated alkanes) is 1. The number of carboxylic acids is 1. The first-order chi connectivity index (χ1) is 25.3. The molecule has 2 aliphatic heterocycles. The summed E-state index contributed by atoms with van der Waals surface area (Å²) in [7, 11) is -7.46. The van der Waals surface area contributed by atoms with E-state index in [4.69, 9.17) is 29.2 Å². The number of nitrogens with zero attached hydrogens (tertiary/aromatic N) is 3. The van der Waals surface area contributed by atoms with Crippen molar-refractivity contribution in [1.29, 1.82) is 0 Å². The number of pyridine rings is 1. The molecule has 0 aliphatic carbocycles. The van der Waals surface area contributed by atoms with Crippen LogP contribution in [-0.4, -0.2) is 54.7 Å². The van der Waals surface area contributed by atoms with E-state index in [1.807, 2.05) is 54.7 Å². The molecule has 0 fully saturated rings. The Kier molecular flexibility index (Phi) is 19.1. The minimum absolute atomic E-state index is 0. The van der Waals surface area contributed by atoms with E-state index in [9.17, 15) is 22.9 Å². The Morgan fingerprint density at radius 1 is 1.05 bits per heavy atom. The topological polar surface area (TPSA) is 165 Å². The molecule has 1 aromatic heterocycles. The molecule has 11 nitrogen and oxygen atoms in total. The van der Waals surface area contributed by atoms with Gasteiger partial charge in [-0.1, -0.05) is 80.9 Å². The predicted octanol–water partition coefficient (Wildman–Crippen LogP) is 0.869. The maximum Gasteiger partial charge on any atom is 1.00 e. The van der Waals surface area contributed by atoms with Gasteiger partial charge in [0.1, 0.15) is 6.20 Å². The van der Waals surface area contributed by atoms with E-state index in [0.29, 0.717) is 18.0 Å². The molecule has 5 rings (SSSR count). The van der Waals surface area contributed by atoms with Gasteiger partial charge in [-0.15, -0.1) is 24.3 Å². The molecule has 2 aliphatic rings. The van der Waals surface area contributed by atoms with Gasteiger partial charge in [0, 0.05) is 24.4 Å². The average Bonchev–Trinajstić information content (AvgIpc) is 3.47. The first-order valence-electron chi connectivity index (χ1n) is 17.6. The number of fused-ring (bicyclic) bond motifs is 2. The second-order valence-corrected chi connectivity index (χ2v) is 16.6. The number of aliphatic carboxylic acids is 1. The fourth-order valence-electron chi connectivity index (χ4n) is 6.73. The molecule has 3 heterocycles. The molecule has 0 atom stereocenters. The average molecular weight is 841 g/mol. The molecule has 0 unspecified atom stereocenters. The Morgan fingerprint density at radius 3 is 2.32 bits per heavy atom. The van der Waals surface area contributed by atoms with Crippen LogP contribution in [0.3, 0.4) is 0 Å². The zero-order chi connectivity index (χ0) is 39.8. The van der Waals surface area contributed by atoms with Gasteiger partial charge in [0.25, 0.3) is 0 Å². The molecule has 288 valence electrons. The Labute approximate surface area is 381 Å². The van der Waals surface area contributed by atoms with Crippen molar-refractivity contribution in [3.05, 3.63) is 118 Å². The van der Waals surface area contributed by atoms with Gasteiger partial charge < -0.3 is 14.6 Å². The molecule has 3 aromatic rings. The Bertz CT molecular complexity index is 2230. The van der Waals surface area contributed by atoms with Crippen LogP contribution >= 0.6 is 11.6 Å². The van der Waals surface area contributed by atoms with Crippen molar-refractivity contribution in [3.8, 4) is 0 Å². The molecular formula is C40H45ClN3Na2O8S2+. The van der Waals surface area contributed by atoms with Crippen molar-refractivity contribution >= 4 is 61.1 Å². The SMILES string of the molecule is CCCC[n+]1cc(Cl)cc2c1N=C(/C=C/C(=C/C=C1/N(CCCS(=O)(=O)[O-])c3cc[c-]cc3C1(C)C)c1ccc(CCC(=O)O)cc1)C2(C)C.O=S(=O)=O.[Na+].[Na+]. The summed E-state index contributed by atoms with van der Waals surface area (Å²) in [5.74, 6) is -0.355. The minimum atomic E-state index is -4.34. The predicted molar refractivity (Wildman–Crippen MR) is 209 cm³/mol. The summed E-state index contributed by atoms with van der Waals surface area (Å²) in [6, 6.07) is 18.9. The minimum Gasteiger partial charge on any atom is -0.748 e. The molecule has 0 saturated carbocycles. The van der Waals surface area contributed by atoms with Gasteiger partial charge in [0.2, 0.25) is 0 Å². The number of aryl methyl sites for hydroxylation is 2. The van der Waals surface area contributed by atoms with Gasteiger partial charge in [-0.2, -0.15) is 18.2 Å². The van der Waals surface area contributed by atoms with Crippen molar-refractivity contribution in [2.24, 2.45) is 4.99 Å². The van der Waals surface area contributed by atoms with Crippen LogP contribution in [0.25, 0.3) is 5.57 Å². The third-order valence-electron chi connectivity index (χ3n) is 9.64. The second kappa shape index (κ2) is 21.5. The van der Waals surface area contributed by atoms with Crippen LogP contribution in [0.2, 0.25) is 5.02 Å². The van der Waals surface area contributed by atoms with Crippen LogP contribution < -0.4 is 68.6 Å². The number of anilines is 1. The second-order valence-electron chi connectivity index (χ2n) is 14.2.